The Hall–Kier alpha value is -0.660. The molecule has 0 fully saturated rings. The maximum atomic E-state index is 12.0. The van der Waals surface area contributed by atoms with Gasteiger partial charge >= 0.3 is 0 Å². The van der Waals surface area contributed by atoms with Gasteiger partial charge in [0, 0.05) is 31.3 Å². The Morgan fingerprint density at radius 1 is 1.37 bits per heavy atom. The van der Waals surface area contributed by atoms with E-state index in [0.29, 0.717) is 11.4 Å². The fraction of sp³-hybridized carbons (Fsp3) is 0.500. The van der Waals surface area contributed by atoms with Gasteiger partial charge in [-0.25, -0.2) is 0 Å². The van der Waals surface area contributed by atoms with E-state index in [1.165, 1.54) is 11.4 Å². The van der Waals surface area contributed by atoms with Crippen LogP contribution in [0.2, 0.25) is 5.02 Å². The second-order valence-corrected chi connectivity index (χ2v) is 6.54. The van der Waals surface area contributed by atoms with E-state index < -0.39 is 10.2 Å². The molecule has 0 saturated heterocycles. The van der Waals surface area contributed by atoms with Crippen LogP contribution < -0.4 is 4.72 Å². The average Bonchev–Trinajstić information content (AvgIpc) is 2.36. The molecule has 0 amide bonds. The van der Waals surface area contributed by atoms with Gasteiger partial charge in [-0.2, -0.15) is 17.4 Å². The van der Waals surface area contributed by atoms with Gasteiger partial charge < -0.3 is 5.11 Å². The third kappa shape index (κ3) is 5.08. The van der Waals surface area contributed by atoms with Crippen molar-refractivity contribution in [3.05, 3.63) is 34.9 Å². The molecule has 0 spiro atoms. The molecular formula is C12H19ClN2O3S. The molecule has 1 rings (SSSR count). The summed E-state index contributed by atoms with van der Waals surface area (Å²) in [6, 6.07) is 6.65. The lowest BCUT2D eigenvalue weighted by Crippen LogP contribution is -2.40. The molecule has 0 heterocycles. The normalized spacial score (nSPS) is 13.7. The van der Waals surface area contributed by atoms with Crippen molar-refractivity contribution >= 4 is 21.8 Å². The average molecular weight is 307 g/mol. The molecule has 1 aromatic carbocycles. The van der Waals surface area contributed by atoms with Crippen LogP contribution in [-0.4, -0.2) is 38.0 Å². The highest BCUT2D eigenvalue weighted by molar-refractivity contribution is 7.87. The molecule has 19 heavy (non-hydrogen) atoms. The summed E-state index contributed by atoms with van der Waals surface area (Å²) in [4.78, 5) is 0. The fourth-order valence-corrected chi connectivity index (χ4v) is 2.80. The van der Waals surface area contributed by atoms with Crippen LogP contribution in [0.25, 0.3) is 0 Å². The van der Waals surface area contributed by atoms with Crippen molar-refractivity contribution in [1.29, 1.82) is 0 Å². The minimum absolute atomic E-state index is 0.0351. The van der Waals surface area contributed by atoms with E-state index in [2.05, 4.69) is 4.72 Å². The summed E-state index contributed by atoms with van der Waals surface area (Å²) in [6.45, 7) is 2.01. The van der Waals surface area contributed by atoms with Crippen molar-refractivity contribution in [2.45, 2.75) is 19.4 Å². The van der Waals surface area contributed by atoms with Gasteiger partial charge in [-0.15, -0.1) is 0 Å². The van der Waals surface area contributed by atoms with Crippen molar-refractivity contribution in [3.63, 3.8) is 0 Å². The standard InChI is InChI=1S/C12H19ClN2O3S/c1-10(11-4-6-12(13)7-5-11)14-19(17,18)15(2)8-3-9-16/h4-7,10,14,16H,3,8-9H2,1-2H3. The number of halogens is 1. The summed E-state index contributed by atoms with van der Waals surface area (Å²) in [6.07, 6.45) is 0.409. The van der Waals surface area contributed by atoms with Crippen LogP contribution in [0.4, 0.5) is 0 Å². The van der Waals surface area contributed by atoms with Crippen molar-refractivity contribution in [3.8, 4) is 0 Å². The minimum Gasteiger partial charge on any atom is -0.396 e. The summed E-state index contributed by atoms with van der Waals surface area (Å²) in [5.74, 6) is 0. The van der Waals surface area contributed by atoms with Gasteiger partial charge in [-0.05, 0) is 31.0 Å². The molecule has 0 aliphatic rings. The van der Waals surface area contributed by atoms with Crippen LogP contribution in [0.5, 0.6) is 0 Å². The van der Waals surface area contributed by atoms with E-state index in [0.717, 1.165) is 5.56 Å². The Bertz CT molecular complexity index is 490. The molecule has 1 atom stereocenters. The van der Waals surface area contributed by atoms with E-state index in [4.69, 9.17) is 16.7 Å². The SMILES string of the molecule is CC(NS(=O)(=O)N(C)CCCO)c1ccc(Cl)cc1. The zero-order valence-corrected chi connectivity index (χ0v) is 12.6. The van der Waals surface area contributed by atoms with Crippen LogP contribution in [0.3, 0.4) is 0 Å². The molecule has 0 aliphatic heterocycles. The fourth-order valence-electron chi connectivity index (χ4n) is 1.55. The predicted molar refractivity (Wildman–Crippen MR) is 76.3 cm³/mol. The molecule has 0 aromatic heterocycles. The molecule has 108 valence electrons. The van der Waals surface area contributed by atoms with Crippen LogP contribution in [0.1, 0.15) is 24.9 Å². The van der Waals surface area contributed by atoms with Crippen molar-refractivity contribution < 1.29 is 13.5 Å². The number of hydrogen-bond acceptors (Lipinski definition) is 3. The zero-order chi connectivity index (χ0) is 14.5. The topological polar surface area (TPSA) is 69.6 Å². The Labute approximate surface area is 119 Å². The zero-order valence-electron chi connectivity index (χ0n) is 11.0. The van der Waals surface area contributed by atoms with Gasteiger partial charge in [-0.1, -0.05) is 23.7 Å². The van der Waals surface area contributed by atoms with E-state index >= 15 is 0 Å². The first kappa shape index (κ1) is 16.4. The Morgan fingerprint density at radius 3 is 2.47 bits per heavy atom. The molecule has 0 radical (unpaired) electrons. The second kappa shape index (κ2) is 7.21. The van der Waals surface area contributed by atoms with Gasteiger partial charge in [0.2, 0.25) is 0 Å². The number of aliphatic hydroxyl groups excluding tert-OH is 1. The highest BCUT2D eigenvalue weighted by Crippen LogP contribution is 2.17. The molecule has 1 aromatic rings. The van der Waals surface area contributed by atoms with Crippen molar-refractivity contribution in [2.24, 2.45) is 0 Å². The first-order valence-electron chi connectivity index (χ1n) is 5.96. The maximum absolute atomic E-state index is 12.0. The summed E-state index contributed by atoms with van der Waals surface area (Å²) >= 11 is 5.79. The van der Waals surface area contributed by atoms with E-state index in [9.17, 15) is 8.42 Å². The number of benzene rings is 1. The monoisotopic (exact) mass is 306 g/mol. The van der Waals surface area contributed by atoms with Gasteiger partial charge in [0.1, 0.15) is 0 Å². The number of rotatable bonds is 7. The highest BCUT2D eigenvalue weighted by Gasteiger charge is 2.20. The van der Waals surface area contributed by atoms with Crippen molar-refractivity contribution in [2.75, 3.05) is 20.2 Å². The second-order valence-electron chi connectivity index (χ2n) is 4.29. The largest absolute Gasteiger partial charge is 0.396 e. The summed E-state index contributed by atoms with van der Waals surface area (Å²) in [5.41, 5.74) is 0.837. The van der Waals surface area contributed by atoms with Gasteiger partial charge in [0.05, 0.1) is 0 Å². The number of nitrogens with zero attached hydrogens (tertiary/aromatic N) is 1. The smallest absolute Gasteiger partial charge is 0.279 e. The summed E-state index contributed by atoms with van der Waals surface area (Å²) < 4.78 is 27.8. The van der Waals surface area contributed by atoms with Crippen LogP contribution >= 0.6 is 11.6 Å². The van der Waals surface area contributed by atoms with Gasteiger partial charge in [-0.3, -0.25) is 0 Å². The molecular weight excluding hydrogens is 288 g/mol. The van der Waals surface area contributed by atoms with Gasteiger partial charge in [0.25, 0.3) is 10.2 Å². The third-order valence-electron chi connectivity index (χ3n) is 2.74. The molecule has 7 heteroatoms. The lowest BCUT2D eigenvalue weighted by Gasteiger charge is -2.21. The van der Waals surface area contributed by atoms with E-state index in [1.807, 2.05) is 0 Å². The van der Waals surface area contributed by atoms with Crippen LogP contribution in [0.15, 0.2) is 24.3 Å². The van der Waals surface area contributed by atoms with E-state index in [-0.39, 0.29) is 19.2 Å². The molecule has 0 saturated carbocycles. The number of hydrogen-bond donors (Lipinski definition) is 2. The van der Waals surface area contributed by atoms with Crippen LogP contribution in [0, 0.1) is 0 Å². The Balaban J connectivity index is 2.69. The number of nitrogens with one attached hydrogen (secondary N) is 1. The molecule has 0 aliphatic carbocycles. The van der Waals surface area contributed by atoms with Crippen molar-refractivity contribution in [1.82, 2.24) is 9.03 Å². The highest BCUT2D eigenvalue weighted by atomic mass is 35.5. The summed E-state index contributed by atoms with van der Waals surface area (Å²) in [5, 5.41) is 9.32. The van der Waals surface area contributed by atoms with Crippen LogP contribution in [-0.2, 0) is 10.2 Å². The Morgan fingerprint density at radius 2 is 1.95 bits per heavy atom. The van der Waals surface area contributed by atoms with E-state index in [1.54, 1.807) is 31.2 Å². The quantitative estimate of drug-likeness (QED) is 0.803. The lowest BCUT2D eigenvalue weighted by molar-refractivity contribution is 0.275. The molecule has 1 unspecified atom stereocenters. The molecule has 5 nitrogen and oxygen atoms in total. The molecule has 2 N–H and O–H groups in total. The van der Waals surface area contributed by atoms with Gasteiger partial charge in [0.15, 0.2) is 0 Å². The Kier molecular flexibility index (Phi) is 6.22. The first-order valence-corrected chi connectivity index (χ1v) is 7.78. The predicted octanol–water partition coefficient (Wildman–Crippen LogP) is 1.55. The molecule has 0 bridgehead atoms. The minimum atomic E-state index is -3.55. The first-order chi connectivity index (χ1) is 8.86. The third-order valence-corrected chi connectivity index (χ3v) is 4.64. The number of aliphatic hydroxyl groups is 1. The lowest BCUT2D eigenvalue weighted by atomic mass is 10.1. The summed E-state index contributed by atoms with van der Waals surface area (Å²) in [7, 11) is -2.07. The maximum Gasteiger partial charge on any atom is 0.279 e.